The molecule has 3 nitrogen and oxygen atoms in total. The fraction of sp³-hybridized carbons (Fsp3) is 0.467. The molecule has 2 aromatic rings. The average molecular weight is 276 g/mol. The first-order valence-electron chi connectivity index (χ1n) is 6.84. The molecule has 0 radical (unpaired) electrons. The lowest BCUT2D eigenvalue weighted by atomic mass is 9.88. The van der Waals surface area contributed by atoms with Crippen molar-refractivity contribution in [3.05, 3.63) is 46.5 Å². The van der Waals surface area contributed by atoms with Gasteiger partial charge in [-0.1, -0.05) is 38.1 Å². The van der Waals surface area contributed by atoms with E-state index in [1.54, 1.807) is 0 Å². The zero-order valence-corrected chi connectivity index (χ0v) is 12.1. The third kappa shape index (κ3) is 2.27. The van der Waals surface area contributed by atoms with E-state index in [9.17, 15) is 0 Å². The molecule has 0 saturated heterocycles. The monoisotopic (exact) mass is 275 g/mol. The van der Waals surface area contributed by atoms with Gasteiger partial charge < -0.3 is 0 Å². The average Bonchev–Trinajstić information content (AvgIpc) is 2.80. The molecule has 0 spiro atoms. The van der Waals surface area contributed by atoms with Crippen LogP contribution in [-0.4, -0.2) is 14.8 Å². The lowest BCUT2D eigenvalue weighted by Gasteiger charge is -2.27. The molecule has 0 saturated carbocycles. The van der Waals surface area contributed by atoms with E-state index in [0.717, 1.165) is 25.1 Å². The van der Waals surface area contributed by atoms with Crippen LogP contribution in [0.3, 0.4) is 0 Å². The molecule has 1 aromatic carbocycles. The normalized spacial score (nSPS) is 18.6. The van der Waals surface area contributed by atoms with Crippen LogP contribution in [0.4, 0.5) is 0 Å². The van der Waals surface area contributed by atoms with Crippen LogP contribution in [0, 0.1) is 0 Å². The van der Waals surface area contributed by atoms with Gasteiger partial charge in [0.2, 0.25) is 5.28 Å². The lowest BCUT2D eigenvalue weighted by molar-refractivity contribution is 0.423. The van der Waals surface area contributed by atoms with E-state index >= 15 is 0 Å². The molecule has 3 rings (SSSR count). The highest BCUT2D eigenvalue weighted by atomic mass is 35.5. The van der Waals surface area contributed by atoms with Crippen LogP contribution >= 0.6 is 11.6 Å². The van der Waals surface area contributed by atoms with Gasteiger partial charge in [-0.05, 0) is 42.0 Å². The third-order valence-electron chi connectivity index (χ3n) is 3.88. The summed E-state index contributed by atoms with van der Waals surface area (Å²) >= 11 is 6.24. The maximum absolute atomic E-state index is 6.24. The van der Waals surface area contributed by atoms with Crippen molar-refractivity contribution in [2.45, 2.75) is 45.1 Å². The van der Waals surface area contributed by atoms with Crippen LogP contribution in [0.1, 0.15) is 49.2 Å². The molecule has 1 unspecified atom stereocenters. The van der Waals surface area contributed by atoms with E-state index in [4.69, 9.17) is 11.6 Å². The summed E-state index contributed by atoms with van der Waals surface area (Å²) in [5.74, 6) is 1.34. The predicted molar refractivity (Wildman–Crippen MR) is 76.6 cm³/mol. The van der Waals surface area contributed by atoms with Crippen molar-refractivity contribution in [3.63, 3.8) is 0 Å². The Bertz CT molecular complexity index is 589. The Labute approximate surface area is 118 Å². The number of nitrogens with zero attached hydrogens (tertiary/aromatic N) is 3. The highest BCUT2D eigenvalue weighted by Crippen LogP contribution is 2.32. The van der Waals surface area contributed by atoms with Gasteiger partial charge in [0.15, 0.2) is 0 Å². The Hall–Kier alpha value is -1.35. The van der Waals surface area contributed by atoms with E-state index in [1.165, 1.54) is 11.1 Å². The molecular formula is C15H18ClN3. The van der Waals surface area contributed by atoms with Gasteiger partial charge in [0.1, 0.15) is 5.82 Å². The summed E-state index contributed by atoms with van der Waals surface area (Å²) in [6.07, 6.45) is 3.23. The Morgan fingerprint density at radius 3 is 2.68 bits per heavy atom. The van der Waals surface area contributed by atoms with Crippen LogP contribution in [0.25, 0.3) is 0 Å². The van der Waals surface area contributed by atoms with Crippen LogP contribution in [0.5, 0.6) is 0 Å². The second-order valence-corrected chi connectivity index (χ2v) is 5.86. The topological polar surface area (TPSA) is 30.7 Å². The molecule has 0 bridgehead atoms. The molecule has 0 aliphatic heterocycles. The first-order valence-corrected chi connectivity index (χ1v) is 7.21. The highest BCUT2D eigenvalue weighted by molar-refractivity contribution is 6.28. The standard InChI is InChI=1S/C15H18ClN3/c1-10(2)14-17-18-15(16)19(14)13-8-7-11-5-3-4-6-12(11)9-13/h3-6,10,13H,7-9H2,1-2H3. The predicted octanol–water partition coefficient (Wildman–Crippen LogP) is 3.78. The molecule has 0 fully saturated rings. The van der Waals surface area contributed by atoms with Gasteiger partial charge >= 0.3 is 0 Å². The fourth-order valence-electron chi connectivity index (χ4n) is 2.91. The molecule has 19 heavy (non-hydrogen) atoms. The first kappa shape index (κ1) is 12.7. The van der Waals surface area contributed by atoms with Crippen molar-refractivity contribution in [1.29, 1.82) is 0 Å². The summed E-state index contributed by atoms with van der Waals surface area (Å²) < 4.78 is 2.13. The molecule has 0 N–H and O–H groups in total. The van der Waals surface area contributed by atoms with Gasteiger partial charge in [0.05, 0.1) is 0 Å². The Balaban J connectivity index is 1.95. The lowest BCUT2D eigenvalue weighted by Crippen LogP contribution is -2.21. The van der Waals surface area contributed by atoms with Crippen molar-refractivity contribution in [1.82, 2.24) is 14.8 Å². The summed E-state index contributed by atoms with van der Waals surface area (Å²) in [6, 6.07) is 9.05. The van der Waals surface area contributed by atoms with Crippen molar-refractivity contribution in [3.8, 4) is 0 Å². The third-order valence-corrected chi connectivity index (χ3v) is 4.14. The van der Waals surface area contributed by atoms with Gasteiger partial charge in [-0.3, -0.25) is 4.57 Å². The Morgan fingerprint density at radius 2 is 1.95 bits per heavy atom. The van der Waals surface area contributed by atoms with Crippen molar-refractivity contribution < 1.29 is 0 Å². The molecular weight excluding hydrogens is 258 g/mol. The van der Waals surface area contributed by atoms with Crippen LogP contribution in [0.2, 0.25) is 5.28 Å². The first-order chi connectivity index (χ1) is 9.16. The molecule has 1 aliphatic carbocycles. The fourth-order valence-corrected chi connectivity index (χ4v) is 3.18. The van der Waals surface area contributed by atoms with Crippen LogP contribution < -0.4 is 0 Å². The number of benzene rings is 1. The smallest absolute Gasteiger partial charge is 0.225 e. The number of aromatic nitrogens is 3. The van der Waals surface area contributed by atoms with Gasteiger partial charge in [-0.2, -0.15) is 0 Å². The largest absolute Gasteiger partial charge is 0.298 e. The summed E-state index contributed by atoms with van der Waals surface area (Å²) in [6.45, 7) is 4.27. The minimum Gasteiger partial charge on any atom is -0.298 e. The zero-order valence-electron chi connectivity index (χ0n) is 11.3. The van der Waals surface area contributed by atoms with Crippen molar-refractivity contribution in [2.75, 3.05) is 0 Å². The zero-order chi connectivity index (χ0) is 13.4. The molecule has 4 heteroatoms. The van der Waals surface area contributed by atoms with E-state index in [1.807, 2.05) is 0 Å². The summed E-state index contributed by atoms with van der Waals surface area (Å²) in [4.78, 5) is 0. The van der Waals surface area contributed by atoms with Crippen molar-refractivity contribution in [2.24, 2.45) is 0 Å². The SMILES string of the molecule is CC(C)c1nnc(Cl)n1C1CCc2ccccc2C1. The van der Waals surface area contributed by atoms with E-state index in [2.05, 4.69) is 52.9 Å². The molecule has 1 aromatic heterocycles. The number of halogens is 1. The Kier molecular flexibility index (Phi) is 3.31. The maximum Gasteiger partial charge on any atom is 0.225 e. The highest BCUT2D eigenvalue weighted by Gasteiger charge is 2.25. The van der Waals surface area contributed by atoms with Crippen LogP contribution in [-0.2, 0) is 12.8 Å². The van der Waals surface area contributed by atoms with Crippen molar-refractivity contribution >= 4 is 11.6 Å². The number of rotatable bonds is 2. The number of fused-ring (bicyclic) bond motifs is 1. The quantitative estimate of drug-likeness (QED) is 0.835. The second kappa shape index (κ2) is 4.97. The minimum atomic E-state index is 0.345. The molecule has 1 heterocycles. The van der Waals surface area contributed by atoms with Crippen LogP contribution in [0.15, 0.2) is 24.3 Å². The summed E-state index contributed by atoms with van der Waals surface area (Å²) in [5, 5.41) is 8.80. The molecule has 1 atom stereocenters. The number of hydrogen-bond acceptors (Lipinski definition) is 2. The summed E-state index contributed by atoms with van der Waals surface area (Å²) in [5.41, 5.74) is 2.90. The summed E-state index contributed by atoms with van der Waals surface area (Å²) in [7, 11) is 0. The van der Waals surface area contributed by atoms with E-state index < -0.39 is 0 Å². The Morgan fingerprint density at radius 1 is 1.21 bits per heavy atom. The van der Waals surface area contributed by atoms with E-state index in [0.29, 0.717) is 17.2 Å². The minimum absolute atomic E-state index is 0.345. The van der Waals surface area contributed by atoms with Gasteiger partial charge in [-0.25, -0.2) is 0 Å². The van der Waals surface area contributed by atoms with E-state index in [-0.39, 0.29) is 0 Å². The number of aryl methyl sites for hydroxylation is 1. The van der Waals surface area contributed by atoms with Gasteiger partial charge in [-0.15, -0.1) is 10.2 Å². The molecule has 1 aliphatic rings. The second-order valence-electron chi connectivity index (χ2n) is 5.52. The maximum atomic E-state index is 6.24. The number of hydrogen-bond donors (Lipinski definition) is 0. The molecule has 100 valence electrons. The molecule has 0 amide bonds. The van der Waals surface area contributed by atoms with Gasteiger partial charge in [0, 0.05) is 12.0 Å². The van der Waals surface area contributed by atoms with Gasteiger partial charge in [0.25, 0.3) is 0 Å².